The first-order valence-electron chi connectivity index (χ1n) is 6.44. The Balaban J connectivity index is 2.08. The zero-order valence-corrected chi connectivity index (χ0v) is 11.8. The number of anilines is 1. The van der Waals surface area contributed by atoms with E-state index in [-0.39, 0.29) is 5.02 Å². The Labute approximate surface area is 125 Å². The van der Waals surface area contributed by atoms with Gasteiger partial charge in [0, 0.05) is 25.7 Å². The van der Waals surface area contributed by atoms with E-state index in [9.17, 15) is 18.4 Å². The van der Waals surface area contributed by atoms with Gasteiger partial charge in [0.05, 0.1) is 10.7 Å². The summed E-state index contributed by atoms with van der Waals surface area (Å²) in [5, 5.41) is 4.90. The van der Waals surface area contributed by atoms with Crippen LogP contribution in [0.5, 0.6) is 0 Å². The summed E-state index contributed by atoms with van der Waals surface area (Å²) >= 11 is 5.67. The zero-order valence-electron chi connectivity index (χ0n) is 11.1. The van der Waals surface area contributed by atoms with Crippen molar-refractivity contribution in [3.05, 3.63) is 28.8 Å². The Morgan fingerprint density at radius 2 is 2.00 bits per heavy atom. The highest BCUT2D eigenvalue weighted by Gasteiger charge is 2.24. The van der Waals surface area contributed by atoms with Gasteiger partial charge in [-0.05, 0) is 19.0 Å². The molecule has 5 nitrogen and oxygen atoms in total. The molecule has 114 valence electrons. The number of rotatable bonds is 1. The number of hydrogen-bond donors (Lipinski definition) is 2. The van der Waals surface area contributed by atoms with Gasteiger partial charge in [-0.1, -0.05) is 11.6 Å². The van der Waals surface area contributed by atoms with Crippen LogP contribution in [0.25, 0.3) is 0 Å². The number of amides is 2. The first kappa shape index (κ1) is 15.7. The van der Waals surface area contributed by atoms with Crippen molar-refractivity contribution in [2.45, 2.75) is 6.42 Å². The maximum absolute atomic E-state index is 13.6. The Morgan fingerprint density at radius 3 is 2.71 bits per heavy atom. The van der Waals surface area contributed by atoms with Gasteiger partial charge < -0.3 is 15.5 Å². The number of nitrogens with zero attached hydrogens (tertiary/aromatic N) is 1. The standard InChI is InChI=1S/C13H14ClF2N3O2/c14-9-6-8(15)7-10(16)11(9)18-12(20)13(21)19-4-1-2-17-3-5-19/h6-7,17H,1-5H2,(H,18,20). The summed E-state index contributed by atoms with van der Waals surface area (Å²) in [6, 6.07) is 1.45. The second-order valence-electron chi connectivity index (χ2n) is 4.59. The molecule has 0 radical (unpaired) electrons. The number of carbonyl (C=O) groups excluding carboxylic acids is 2. The molecule has 0 saturated carbocycles. The molecule has 0 atom stereocenters. The van der Waals surface area contributed by atoms with Crippen LogP contribution in [0.2, 0.25) is 5.02 Å². The maximum atomic E-state index is 13.6. The van der Waals surface area contributed by atoms with Crippen LogP contribution >= 0.6 is 11.6 Å². The van der Waals surface area contributed by atoms with E-state index in [0.29, 0.717) is 25.7 Å². The Kier molecular flexibility index (Phi) is 5.08. The lowest BCUT2D eigenvalue weighted by molar-refractivity contribution is -0.143. The third-order valence-corrected chi connectivity index (χ3v) is 3.37. The summed E-state index contributed by atoms with van der Waals surface area (Å²) < 4.78 is 26.5. The lowest BCUT2D eigenvalue weighted by Gasteiger charge is -2.19. The van der Waals surface area contributed by atoms with E-state index in [1.54, 1.807) is 0 Å². The SMILES string of the molecule is O=C(Nc1c(F)cc(F)cc1Cl)C(=O)N1CCCNCC1. The quantitative estimate of drug-likeness (QED) is 0.769. The van der Waals surface area contributed by atoms with E-state index in [4.69, 9.17) is 11.6 Å². The molecule has 1 aliphatic rings. The van der Waals surface area contributed by atoms with Gasteiger partial charge in [-0.25, -0.2) is 8.78 Å². The number of hydrogen-bond acceptors (Lipinski definition) is 3. The molecule has 1 aromatic rings. The van der Waals surface area contributed by atoms with Gasteiger partial charge in [-0.2, -0.15) is 0 Å². The van der Waals surface area contributed by atoms with E-state index in [0.717, 1.165) is 19.0 Å². The summed E-state index contributed by atoms with van der Waals surface area (Å²) in [5.41, 5.74) is -0.399. The van der Waals surface area contributed by atoms with Gasteiger partial charge in [-0.3, -0.25) is 9.59 Å². The summed E-state index contributed by atoms with van der Waals surface area (Å²) in [6.07, 6.45) is 0.727. The largest absolute Gasteiger partial charge is 0.333 e. The van der Waals surface area contributed by atoms with Gasteiger partial charge >= 0.3 is 11.8 Å². The predicted molar refractivity (Wildman–Crippen MR) is 74.1 cm³/mol. The van der Waals surface area contributed by atoms with Crippen LogP contribution in [0, 0.1) is 11.6 Å². The normalized spacial score (nSPS) is 15.5. The van der Waals surface area contributed by atoms with E-state index >= 15 is 0 Å². The van der Waals surface area contributed by atoms with Crippen molar-refractivity contribution in [2.24, 2.45) is 0 Å². The summed E-state index contributed by atoms with van der Waals surface area (Å²) in [4.78, 5) is 25.2. The molecule has 0 bridgehead atoms. The molecule has 0 unspecified atom stereocenters. The molecule has 0 aromatic heterocycles. The molecule has 1 saturated heterocycles. The van der Waals surface area contributed by atoms with Crippen LogP contribution in [0.15, 0.2) is 12.1 Å². The van der Waals surface area contributed by atoms with Crippen molar-refractivity contribution < 1.29 is 18.4 Å². The highest BCUT2D eigenvalue weighted by molar-refractivity contribution is 6.41. The molecule has 0 spiro atoms. The second-order valence-corrected chi connectivity index (χ2v) is 5.00. The smallest absolute Gasteiger partial charge is 0.314 e. The minimum Gasteiger partial charge on any atom is -0.333 e. The molecule has 1 heterocycles. The average molecular weight is 318 g/mol. The lowest BCUT2D eigenvalue weighted by Crippen LogP contribution is -2.41. The topological polar surface area (TPSA) is 61.4 Å². The van der Waals surface area contributed by atoms with Gasteiger partial charge in [0.2, 0.25) is 0 Å². The van der Waals surface area contributed by atoms with Gasteiger partial charge in [0.1, 0.15) is 5.82 Å². The van der Waals surface area contributed by atoms with Crippen molar-refractivity contribution in [3.63, 3.8) is 0 Å². The fourth-order valence-electron chi connectivity index (χ4n) is 2.02. The van der Waals surface area contributed by atoms with E-state index in [1.807, 2.05) is 0 Å². The van der Waals surface area contributed by atoms with Gasteiger partial charge in [0.15, 0.2) is 5.82 Å². The summed E-state index contributed by atoms with van der Waals surface area (Å²) in [7, 11) is 0. The second kappa shape index (κ2) is 6.82. The molecular weight excluding hydrogens is 304 g/mol. The molecule has 2 rings (SSSR count). The van der Waals surface area contributed by atoms with Crippen molar-refractivity contribution in [3.8, 4) is 0 Å². The van der Waals surface area contributed by atoms with Crippen LogP contribution in [0.4, 0.5) is 14.5 Å². The minimum atomic E-state index is -1.03. The van der Waals surface area contributed by atoms with E-state index < -0.39 is 29.1 Å². The first-order chi connectivity index (χ1) is 9.99. The molecular formula is C13H14ClF2N3O2. The molecule has 1 aliphatic heterocycles. The first-order valence-corrected chi connectivity index (χ1v) is 6.82. The molecule has 2 amide bonds. The maximum Gasteiger partial charge on any atom is 0.314 e. The number of nitrogens with one attached hydrogen (secondary N) is 2. The zero-order chi connectivity index (χ0) is 15.4. The predicted octanol–water partition coefficient (Wildman–Crippen LogP) is 1.38. The molecule has 1 aromatic carbocycles. The number of carbonyl (C=O) groups is 2. The fraction of sp³-hybridized carbons (Fsp3) is 0.385. The number of halogens is 3. The van der Waals surface area contributed by atoms with E-state index in [1.165, 1.54) is 4.90 Å². The van der Waals surface area contributed by atoms with Gasteiger partial charge in [-0.15, -0.1) is 0 Å². The Hall–Kier alpha value is -1.73. The van der Waals surface area contributed by atoms with E-state index in [2.05, 4.69) is 10.6 Å². The Bertz CT molecular complexity index is 537. The van der Waals surface area contributed by atoms with Crippen molar-refractivity contribution in [1.82, 2.24) is 10.2 Å². The highest BCUT2D eigenvalue weighted by Crippen LogP contribution is 2.26. The highest BCUT2D eigenvalue weighted by atomic mass is 35.5. The van der Waals surface area contributed by atoms with Crippen LogP contribution in [-0.2, 0) is 9.59 Å². The van der Waals surface area contributed by atoms with Crippen LogP contribution in [-0.4, -0.2) is 42.9 Å². The molecule has 2 N–H and O–H groups in total. The minimum absolute atomic E-state index is 0.300. The fourth-order valence-corrected chi connectivity index (χ4v) is 2.26. The third kappa shape index (κ3) is 3.89. The summed E-state index contributed by atoms with van der Waals surface area (Å²) in [6.45, 7) is 2.19. The summed E-state index contributed by atoms with van der Waals surface area (Å²) in [5.74, 6) is -3.65. The number of benzene rings is 1. The average Bonchev–Trinajstić information content (AvgIpc) is 2.70. The molecule has 1 fully saturated rings. The molecule has 21 heavy (non-hydrogen) atoms. The lowest BCUT2D eigenvalue weighted by atomic mass is 10.3. The molecule has 0 aliphatic carbocycles. The monoisotopic (exact) mass is 317 g/mol. The van der Waals surface area contributed by atoms with Crippen molar-refractivity contribution in [1.29, 1.82) is 0 Å². The third-order valence-electron chi connectivity index (χ3n) is 3.07. The van der Waals surface area contributed by atoms with Crippen LogP contribution < -0.4 is 10.6 Å². The van der Waals surface area contributed by atoms with Crippen LogP contribution in [0.3, 0.4) is 0 Å². The van der Waals surface area contributed by atoms with Crippen molar-refractivity contribution in [2.75, 3.05) is 31.5 Å². The van der Waals surface area contributed by atoms with Crippen molar-refractivity contribution >= 4 is 29.1 Å². The molecule has 8 heteroatoms. The van der Waals surface area contributed by atoms with Gasteiger partial charge in [0.25, 0.3) is 0 Å². The Morgan fingerprint density at radius 1 is 1.24 bits per heavy atom. The van der Waals surface area contributed by atoms with Crippen LogP contribution in [0.1, 0.15) is 6.42 Å².